The van der Waals surface area contributed by atoms with Crippen molar-refractivity contribution in [1.29, 1.82) is 0 Å². The highest BCUT2D eigenvalue weighted by molar-refractivity contribution is 7.84. The molecule has 1 fully saturated rings. The van der Waals surface area contributed by atoms with Gasteiger partial charge < -0.3 is 5.73 Å². The minimum absolute atomic E-state index is 0.269. The molecule has 0 heterocycles. The zero-order valence-corrected chi connectivity index (χ0v) is 10.5. The average molecular weight is 237 g/mol. The molecule has 3 heteroatoms. The van der Waals surface area contributed by atoms with Crippen LogP contribution in [-0.4, -0.2) is 15.5 Å². The van der Waals surface area contributed by atoms with E-state index in [1.54, 1.807) is 0 Å². The maximum Gasteiger partial charge on any atom is 0.0491 e. The molecule has 1 aromatic rings. The summed E-state index contributed by atoms with van der Waals surface area (Å²) in [5.74, 6) is 0.685. The summed E-state index contributed by atoms with van der Waals surface area (Å²) in [5, 5.41) is 0.314. The van der Waals surface area contributed by atoms with Crippen LogP contribution in [-0.2, 0) is 16.6 Å². The van der Waals surface area contributed by atoms with Gasteiger partial charge in [-0.15, -0.1) is 0 Å². The lowest BCUT2D eigenvalue weighted by Gasteiger charge is -2.11. The average Bonchev–Trinajstić information content (AvgIpc) is 2.68. The largest absolute Gasteiger partial charge is 0.328 e. The first-order valence-corrected chi connectivity index (χ1v) is 7.22. The molecule has 0 amide bonds. The molecule has 0 aliphatic heterocycles. The molecular formula is C13H19NOS. The molecule has 0 saturated heterocycles. The Labute approximate surface area is 99.7 Å². The van der Waals surface area contributed by atoms with Crippen molar-refractivity contribution in [3.8, 4) is 0 Å². The van der Waals surface area contributed by atoms with Gasteiger partial charge in [0.05, 0.1) is 0 Å². The molecule has 1 saturated carbocycles. The van der Waals surface area contributed by atoms with E-state index in [9.17, 15) is 4.21 Å². The van der Waals surface area contributed by atoms with Crippen molar-refractivity contribution >= 4 is 10.8 Å². The molecule has 16 heavy (non-hydrogen) atoms. The first-order valence-electron chi connectivity index (χ1n) is 5.84. The van der Waals surface area contributed by atoms with E-state index in [1.165, 1.54) is 11.1 Å². The van der Waals surface area contributed by atoms with Crippen LogP contribution in [0.1, 0.15) is 30.4 Å². The summed E-state index contributed by atoms with van der Waals surface area (Å²) in [7, 11) is -0.757. The van der Waals surface area contributed by atoms with Crippen LogP contribution in [0.25, 0.3) is 0 Å². The molecule has 2 N–H and O–H groups in total. The van der Waals surface area contributed by atoms with Crippen LogP contribution >= 0.6 is 0 Å². The predicted octanol–water partition coefficient (Wildman–Crippen LogP) is 2.12. The lowest BCUT2D eigenvalue weighted by molar-refractivity contribution is 0.664. The van der Waals surface area contributed by atoms with Crippen molar-refractivity contribution in [3.63, 3.8) is 0 Å². The fraction of sp³-hybridized carbons (Fsp3) is 0.538. The standard InChI is InChI=1S/C13H19NOS/c1-10-4-2-3-5-11(10)9-16(15)13-7-6-12(14)8-13/h2-5,12-13H,6-9,14H2,1H3. The Hall–Kier alpha value is -0.670. The third kappa shape index (κ3) is 2.71. The molecule has 0 radical (unpaired) electrons. The van der Waals surface area contributed by atoms with Gasteiger partial charge in [-0.05, 0) is 37.3 Å². The second kappa shape index (κ2) is 5.11. The first-order chi connectivity index (χ1) is 7.66. The summed E-state index contributed by atoms with van der Waals surface area (Å²) in [5.41, 5.74) is 8.30. The van der Waals surface area contributed by atoms with Gasteiger partial charge in [-0.2, -0.15) is 0 Å². The van der Waals surface area contributed by atoms with E-state index < -0.39 is 10.8 Å². The zero-order valence-electron chi connectivity index (χ0n) is 9.69. The molecule has 1 aliphatic carbocycles. The summed E-state index contributed by atoms with van der Waals surface area (Å²) in [6.45, 7) is 2.08. The highest BCUT2D eigenvalue weighted by atomic mass is 32.2. The topological polar surface area (TPSA) is 43.1 Å². The maximum atomic E-state index is 12.2. The van der Waals surface area contributed by atoms with Gasteiger partial charge in [0.2, 0.25) is 0 Å². The molecule has 0 aromatic heterocycles. The van der Waals surface area contributed by atoms with Gasteiger partial charge in [-0.25, -0.2) is 0 Å². The van der Waals surface area contributed by atoms with Crippen molar-refractivity contribution in [3.05, 3.63) is 35.4 Å². The zero-order chi connectivity index (χ0) is 11.5. The Bertz CT molecular complexity index is 391. The quantitative estimate of drug-likeness (QED) is 0.875. The Kier molecular flexibility index (Phi) is 3.77. The number of nitrogens with two attached hydrogens (primary N) is 1. The van der Waals surface area contributed by atoms with E-state index in [4.69, 9.17) is 5.73 Å². The van der Waals surface area contributed by atoms with Crippen LogP contribution < -0.4 is 5.73 Å². The van der Waals surface area contributed by atoms with E-state index in [1.807, 2.05) is 12.1 Å². The maximum absolute atomic E-state index is 12.2. The van der Waals surface area contributed by atoms with Crippen molar-refractivity contribution in [1.82, 2.24) is 0 Å². The third-order valence-corrected chi connectivity index (χ3v) is 5.12. The van der Waals surface area contributed by atoms with E-state index >= 15 is 0 Å². The minimum atomic E-state index is -0.757. The Balaban J connectivity index is 2.00. The van der Waals surface area contributed by atoms with E-state index in [0.717, 1.165) is 19.3 Å². The van der Waals surface area contributed by atoms with E-state index in [2.05, 4.69) is 19.1 Å². The SMILES string of the molecule is Cc1ccccc1CS(=O)C1CCC(N)C1. The lowest BCUT2D eigenvalue weighted by Crippen LogP contribution is -2.19. The monoisotopic (exact) mass is 237 g/mol. The number of benzene rings is 1. The number of aryl methyl sites for hydroxylation is 1. The van der Waals surface area contributed by atoms with Gasteiger partial charge in [0.15, 0.2) is 0 Å². The molecule has 2 nitrogen and oxygen atoms in total. The van der Waals surface area contributed by atoms with Gasteiger partial charge >= 0.3 is 0 Å². The summed E-state index contributed by atoms with van der Waals surface area (Å²) >= 11 is 0. The predicted molar refractivity (Wildman–Crippen MR) is 68.6 cm³/mol. The summed E-state index contributed by atoms with van der Waals surface area (Å²) < 4.78 is 12.2. The normalized spacial score (nSPS) is 26.9. The van der Waals surface area contributed by atoms with Crippen molar-refractivity contribution in [2.24, 2.45) is 5.73 Å². The highest BCUT2D eigenvalue weighted by Crippen LogP contribution is 2.24. The van der Waals surface area contributed by atoms with Gasteiger partial charge in [-0.3, -0.25) is 4.21 Å². The second-order valence-electron chi connectivity index (χ2n) is 4.65. The van der Waals surface area contributed by atoms with Crippen LogP contribution in [0.2, 0.25) is 0 Å². The smallest absolute Gasteiger partial charge is 0.0491 e. The van der Waals surface area contributed by atoms with Crippen LogP contribution in [0.5, 0.6) is 0 Å². The van der Waals surface area contributed by atoms with Gasteiger partial charge in [-0.1, -0.05) is 24.3 Å². The van der Waals surface area contributed by atoms with Gasteiger partial charge in [0.25, 0.3) is 0 Å². The highest BCUT2D eigenvalue weighted by Gasteiger charge is 2.26. The summed E-state index contributed by atoms with van der Waals surface area (Å²) in [6.07, 6.45) is 2.99. The van der Waals surface area contributed by atoms with Crippen molar-refractivity contribution in [2.45, 2.75) is 43.2 Å². The molecule has 3 unspecified atom stereocenters. The minimum Gasteiger partial charge on any atom is -0.328 e. The summed E-state index contributed by atoms with van der Waals surface area (Å²) in [6, 6.07) is 8.45. The van der Waals surface area contributed by atoms with E-state index in [0.29, 0.717) is 11.0 Å². The number of rotatable bonds is 3. The van der Waals surface area contributed by atoms with Gasteiger partial charge in [0, 0.05) is 27.8 Å². The molecule has 0 bridgehead atoms. The Morgan fingerprint density at radius 1 is 1.38 bits per heavy atom. The van der Waals surface area contributed by atoms with Crippen LogP contribution in [0.4, 0.5) is 0 Å². The fourth-order valence-corrected chi connectivity index (χ4v) is 3.98. The molecule has 3 atom stereocenters. The van der Waals surface area contributed by atoms with E-state index in [-0.39, 0.29) is 6.04 Å². The molecule has 1 aromatic carbocycles. The fourth-order valence-electron chi connectivity index (χ4n) is 2.26. The molecular weight excluding hydrogens is 218 g/mol. The van der Waals surface area contributed by atoms with Crippen molar-refractivity contribution in [2.75, 3.05) is 0 Å². The summed E-state index contributed by atoms with van der Waals surface area (Å²) in [4.78, 5) is 0. The molecule has 2 rings (SSSR count). The van der Waals surface area contributed by atoms with Crippen LogP contribution in [0.3, 0.4) is 0 Å². The molecule has 1 aliphatic rings. The first kappa shape index (κ1) is 11.8. The lowest BCUT2D eigenvalue weighted by atomic mass is 10.1. The third-order valence-electron chi connectivity index (χ3n) is 3.36. The molecule has 88 valence electrons. The van der Waals surface area contributed by atoms with Crippen LogP contribution in [0, 0.1) is 6.92 Å². The Morgan fingerprint density at radius 2 is 2.12 bits per heavy atom. The second-order valence-corrected chi connectivity index (χ2v) is 6.36. The van der Waals surface area contributed by atoms with Gasteiger partial charge in [0.1, 0.15) is 0 Å². The number of hydrogen-bond donors (Lipinski definition) is 1. The molecule has 0 spiro atoms. The Morgan fingerprint density at radius 3 is 2.75 bits per heavy atom. The number of hydrogen-bond acceptors (Lipinski definition) is 2. The van der Waals surface area contributed by atoms with Crippen molar-refractivity contribution < 1.29 is 4.21 Å². The van der Waals surface area contributed by atoms with Crippen LogP contribution in [0.15, 0.2) is 24.3 Å².